The van der Waals surface area contributed by atoms with Gasteiger partial charge in [0.1, 0.15) is 5.38 Å². The maximum atomic E-state index is 11.1. The van der Waals surface area contributed by atoms with E-state index in [-0.39, 0.29) is 12.4 Å². The first-order chi connectivity index (χ1) is 6.57. The molecule has 76 valence electrons. The SMILES string of the molecule is CC(=O)C(Cl)c1cccc(CO)c1Br. The summed E-state index contributed by atoms with van der Waals surface area (Å²) in [6.07, 6.45) is 0. The Morgan fingerprint density at radius 3 is 2.79 bits per heavy atom. The van der Waals surface area contributed by atoms with Crippen LogP contribution in [0.5, 0.6) is 0 Å². The molecule has 0 bridgehead atoms. The van der Waals surface area contributed by atoms with Crippen LogP contribution < -0.4 is 0 Å². The van der Waals surface area contributed by atoms with Crippen molar-refractivity contribution in [2.24, 2.45) is 0 Å². The van der Waals surface area contributed by atoms with Gasteiger partial charge in [0.15, 0.2) is 5.78 Å². The molecule has 0 fully saturated rings. The van der Waals surface area contributed by atoms with E-state index in [1.165, 1.54) is 6.92 Å². The van der Waals surface area contributed by atoms with Crippen LogP contribution in [0.25, 0.3) is 0 Å². The Morgan fingerprint density at radius 2 is 2.29 bits per heavy atom. The van der Waals surface area contributed by atoms with E-state index in [2.05, 4.69) is 15.9 Å². The zero-order valence-electron chi connectivity index (χ0n) is 7.63. The number of hydrogen-bond acceptors (Lipinski definition) is 2. The second kappa shape index (κ2) is 4.91. The average Bonchev–Trinajstić information content (AvgIpc) is 2.17. The lowest BCUT2D eigenvalue weighted by Crippen LogP contribution is -2.03. The predicted molar refractivity (Wildman–Crippen MR) is 59.3 cm³/mol. The molecule has 0 saturated heterocycles. The fourth-order valence-corrected chi connectivity index (χ4v) is 2.07. The topological polar surface area (TPSA) is 37.3 Å². The molecule has 1 rings (SSSR count). The van der Waals surface area contributed by atoms with Gasteiger partial charge in [0.05, 0.1) is 6.61 Å². The van der Waals surface area contributed by atoms with Crippen LogP contribution in [0.1, 0.15) is 23.4 Å². The maximum Gasteiger partial charge on any atom is 0.152 e. The monoisotopic (exact) mass is 276 g/mol. The van der Waals surface area contributed by atoms with Crippen LogP contribution in [-0.4, -0.2) is 10.9 Å². The van der Waals surface area contributed by atoms with E-state index in [4.69, 9.17) is 16.7 Å². The first kappa shape index (κ1) is 11.7. The van der Waals surface area contributed by atoms with Crippen LogP contribution >= 0.6 is 27.5 Å². The number of alkyl halides is 1. The molecule has 0 heterocycles. The molecule has 0 radical (unpaired) electrons. The molecular formula is C10H10BrClO2. The number of aliphatic hydroxyl groups excluding tert-OH is 1. The van der Waals surface area contributed by atoms with Gasteiger partial charge in [-0.2, -0.15) is 0 Å². The highest BCUT2D eigenvalue weighted by Crippen LogP contribution is 2.31. The second-order valence-electron chi connectivity index (χ2n) is 2.95. The van der Waals surface area contributed by atoms with Gasteiger partial charge in [-0.3, -0.25) is 4.79 Å². The van der Waals surface area contributed by atoms with Gasteiger partial charge < -0.3 is 5.11 Å². The van der Waals surface area contributed by atoms with Gasteiger partial charge in [-0.25, -0.2) is 0 Å². The number of hydrogen-bond donors (Lipinski definition) is 1. The maximum absolute atomic E-state index is 11.1. The van der Waals surface area contributed by atoms with Crippen LogP contribution in [0, 0.1) is 0 Å². The van der Waals surface area contributed by atoms with Crippen molar-refractivity contribution in [1.29, 1.82) is 0 Å². The van der Waals surface area contributed by atoms with E-state index in [9.17, 15) is 4.79 Å². The van der Waals surface area contributed by atoms with Crippen LogP contribution in [0.2, 0.25) is 0 Å². The number of halogens is 2. The van der Waals surface area contributed by atoms with E-state index >= 15 is 0 Å². The van der Waals surface area contributed by atoms with E-state index in [1.54, 1.807) is 18.2 Å². The molecule has 1 aromatic carbocycles. The Labute approximate surface area is 96.0 Å². The Hall–Kier alpha value is -0.380. The van der Waals surface area contributed by atoms with Gasteiger partial charge in [0.25, 0.3) is 0 Å². The first-order valence-electron chi connectivity index (χ1n) is 4.10. The molecule has 0 aromatic heterocycles. The number of rotatable bonds is 3. The third kappa shape index (κ3) is 2.35. The highest BCUT2D eigenvalue weighted by atomic mass is 79.9. The summed E-state index contributed by atoms with van der Waals surface area (Å²) in [6.45, 7) is 1.37. The zero-order chi connectivity index (χ0) is 10.7. The number of aliphatic hydroxyl groups is 1. The summed E-state index contributed by atoms with van der Waals surface area (Å²) >= 11 is 9.23. The Kier molecular flexibility index (Phi) is 4.11. The lowest BCUT2D eigenvalue weighted by atomic mass is 10.1. The lowest BCUT2D eigenvalue weighted by Gasteiger charge is -2.10. The molecule has 1 atom stereocenters. The number of carbonyl (C=O) groups is 1. The third-order valence-electron chi connectivity index (χ3n) is 1.91. The van der Waals surface area contributed by atoms with Crippen LogP contribution in [0.4, 0.5) is 0 Å². The van der Waals surface area contributed by atoms with Crippen molar-refractivity contribution in [2.45, 2.75) is 18.9 Å². The van der Waals surface area contributed by atoms with Crippen LogP contribution in [0.15, 0.2) is 22.7 Å². The summed E-state index contributed by atoms with van der Waals surface area (Å²) < 4.78 is 0.706. The standard InChI is InChI=1S/C10H10BrClO2/c1-6(14)10(12)8-4-2-3-7(5-13)9(8)11/h2-4,10,13H,5H2,1H3. The summed E-state index contributed by atoms with van der Waals surface area (Å²) in [5.74, 6) is -0.109. The molecule has 1 unspecified atom stereocenters. The molecule has 0 amide bonds. The van der Waals surface area contributed by atoms with E-state index in [0.717, 1.165) is 5.56 Å². The van der Waals surface area contributed by atoms with Gasteiger partial charge in [0.2, 0.25) is 0 Å². The molecular weight excluding hydrogens is 267 g/mol. The van der Waals surface area contributed by atoms with Gasteiger partial charge in [0, 0.05) is 4.47 Å². The van der Waals surface area contributed by atoms with Gasteiger partial charge in [-0.1, -0.05) is 34.1 Å². The molecule has 0 aliphatic heterocycles. The fourth-order valence-electron chi connectivity index (χ4n) is 1.14. The second-order valence-corrected chi connectivity index (χ2v) is 4.18. The first-order valence-corrected chi connectivity index (χ1v) is 5.33. The molecule has 2 nitrogen and oxygen atoms in total. The van der Waals surface area contributed by atoms with Crippen molar-refractivity contribution < 1.29 is 9.90 Å². The van der Waals surface area contributed by atoms with E-state index < -0.39 is 5.38 Å². The average molecular weight is 278 g/mol. The summed E-state index contributed by atoms with van der Waals surface area (Å²) in [5, 5.41) is 8.35. The highest BCUT2D eigenvalue weighted by Gasteiger charge is 2.17. The minimum atomic E-state index is -0.657. The van der Waals surface area contributed by atoms with E-state index in [1.807, 2.05) is 0 Å². The van der Waals surface area contributed by atoms with Crippen LogP contribution in [-0.2, 0) is 11.4 Å². The van der Waals surface area contributed by atoms with Gasteiger partial charge >= 0.3 is 0 Å². The highest BCUT2D eigenvalue weighted by molar-refractivity contribution is 9.10. The Balaban J connectivity index is 3.15. The largest absolute Gasteiger partial charge is 0.392 e. The fraction of sp³-hybridized carbons (Fsp3) is 0.300. The normalized spacial score (nSPS) is 12.6. The number of benzene rings is 1. The van der Waals surface area contributed by atoms with Crippen molar-refractivity contribution in [3.8, 4) is 0 Å². The number of ketones is 1. The predicted octanol–water partition coefficient (Wildman–Crippen LogP) is 2.81. The quantitative estimate of drug-likeness (QED) is 0.863. The summed E-state index contributed by atoms with van der Waals surface area (Å²) in [4.78, 5) is 11.1. The third-order valence-corrected chi connectivity index (χ3v) is 3.42. The van der Waals surface area contributed by atoms with Crippen LogP contribution in [0.3, 0.4) is 0 Å². The van der Waals surface area contributed by atoms with Gasteiger partial charge in [-0.15, -0.1) is 11.6 Å². The minimum Gasteiger partial charge on any atom is -0.392 e. The van der Waals surface area contributed by atoms with Crippen molar-refractivity contribution in [3.05, 3.63) is 33.8 Å². The molecule has 4 heteroatoms. The van der Waals surface area contributed by atoms with Crippen molar-refractivity contribution >= 4 is 33.3 Å². The molecule has 0 spiro atoms. The lowest BCUT2D eigenvalue weighted by molar-refractivity contribution is -0.116. The number of carbonyl (C=O) groups excluding carboxylic acids is 1. The van der Waals surface area contributed by atoms with Crippen molar-refractivity contribution in [2.75, 3.05) is 0 Å². The van der Waals surface area contributed by atoms with Gasteiger partial charge in [-0.05, 0) is 18.1 Å². The summed E-state index contributed by atoms with van der Waals surface area (Å²) in [5.41, 5.74) is 1.43. The molecule has 0 aliphatic carbocycles. The van der Waals surface area contributed by atoms with E-state index in [0.29, 0.717) is 10.0 Å². The molecule has 0 saturated carbocycles. The summed E-state index contributed by atoms with van der Waals surface area (Å²) in [7, 11) is 0. The minimum absolute atomic E-state index is 0.0735. The smallest absolute Gasteiger partial charge is 0.152 e. The zero-order valence-corrected chi connectivity index (χ0v) is 9.97. The molecule has 1 N–H and O–H groups in total. The molecule has 0 aliphatic rings. The molecule has 1 aromatic rings. The Morgan fingerprint density at radius 1 is 1.64 bits per heavy atom. The summed E-state index contributed by atoms with van der Waals surface area (Å²) in [6, 6.07) is 5.31. The number of Topliss-reactive ketones (excluding diaryl/α,β-unsaturated/α-hetero) is 1. The molecule has 14 heavy (non-hydrogen) atoms. The van der Waals surface area contributed by atoms with Crippen molar-refractivity contribution in [3.63, 3.8) is 0 Å². The van der Waals surface area contributed by atoms with Crippen molar-refractivity contribution in [1.82, 2.24) is 0 Å². The Bertz CT molecular complexity index is 352.